The van der Waals surface area contributed by atoms with Gasteiger partial charge in [-0.25, -0.2) is 4.79 Å². The van der Waals surface area contributed by atoms with E-state index >= 15 is 0 Å². The molecule has 0 N–H and O–H groups in total. The number of ether oxygens (including phenoxy) is 2. The number of esters is 1. The van der Waals surface area contributed by atoms with E-state index in [2.05, 4.69) is 4.74 Å². The van der Waals surface area contributed by atoms with Crippen molar-refractivity contribution >= 4 is 5.97 Å². The number of rotatable bonds is 2. The van der Waals surface area contributed by atoms with Gasteiger partial charge in [-0.15, -0.1) is 0 Å². The van der Waals surface area contributed by atoms with Crippen molar-refractivity contribution in [2.45, 2.75) is 13.2 Å². The Bertz CT molecular complexity index is 139. The van der Waals surface area contributed by atoms with Gasteiger partial charge in [0.05, 0.1) is 0 Å². The van der Waals surface area contributed by atoms with Crippen molar-refractivity contribution in [3.63, 3.8) is 0 Å². The fraction of sp³-hybridized carbons (Fsp3) is 0.500. The first-order valence-electron chi connectivity index (χ1n) is 2.83. The lowest BCUT2D eigenvalue weighted by atomic mass is 10.5. The second-order valence-electron chi connectivity index (χ2n) is 1.62. The highest BCUT2D eigenvalue weighted by Crippen LogP contribution is 2.04. The smallest absolute Gasteiger partial charge is 0.333 e. The molecule has 1 rings (SSSR count). The molecular formula is C6H8O3. The van der Waals surface area contributed by atoms with Gasteiger partial charge < -0.3 is 9.47 Å². The van der Waals surface area contributed by atoms with Gasteiger partial charge in [0, 0.05) is 12.7 Å². The van der Waals surface area contributed by atoms with E-state index in [1.165, 1.54) is 6.08 Å². The first-order valence-corrected chi connectivity index (χ1v) is 2.83. The monoisotopic (exact) mass is 128 g/mol. The van der Waals surface area contributed by atoms with Gasteiger partial charge in [-0.1, -0.05) is 0 Å². The van der Waals surface area contributed by atoms with Crippen molar-refractivity contribution in [3.05, 3.63) is 12.2 Å². The molecule has 0 fully saturated rings. The Kier molecular flexibility index (Phi) is 1.85. The van der Waals surface area contributed by atoms with Crippen LogP contribution in [0.4, 0.5) is 0 Å². The SMILES string of the molecule is CCO[C@H]1C=CC(=O)O1. The third-order valence-corrected chi connectivity index (χ3v) is 0.953. The zero-order chi connectivity index (χ0) is 6.69. The molecule has 1 aliphatic heterocycles. The van der Waals surface area contributed by atoms with Crippen molar-refractivity contribution in [1.82, 2.24) is 0 Å². The summed E-state index contributed by atoms with van der Waals surface area (Å²) in [7, 11) is 0. The normalized spacial score (nSPS) is 24.6. The Labute approximate surface area is 53.3 Å². The van der Waals surface area contributed by atoms with Crippen LogP contribution in [0.15, 0.2) is 12.2 Å². The molecule has 0 aliphatic carbocycles. The highest BCUT2D eigenvalue weighted by atomic mass is 16.7. The molecule has 3 nitrogen and oxygen atoms in total. The molecule has 0 aromatic heterocycles. The molecule has 0 unspecified atom stereocenters. The minimum atomic E-state index is -0.442. The molecule has 1 aliphatic rings. The summed E-state index contributed by atoms with van der Waals surface area (Å²) in [5, 5.41) is 0. The Morgan fingerprint density at radius 3 is 3.11 bits per heavy atom. The third-order valence-electron chi connectivity index (χ3n) is 0.953. The molecule has 9 heavy (non-hydrogen) atoms. The molecule has 0 aromatic carbocycles. The highest BCUT2D eigenvalue weighted by molar-refractivity contribution is 5.84. The number of carbonyl (C=O) groups is 1. The average Bonchev–Trinajstić information content (AvgIpc) is 2.17. The molecule has 0 saturated carbocycles. The summed E-state index contributed by atoms with van der Waals surface area (Å²) in [6.07, 6.45) is 2.51. The maximum atomic E-state index is 10.3. The van der Waals surface area contributed by atoms with Crippen LogP contribution in [0.3, 0.4) is 0 Å². The topological polar surface area (TPSA) is 35.5 Å². The molecule has 0 aromatic rings. The molecule has 0 spiro atoms. The standard InChI is InChI=1S/C6H8O3/c1-2-8-6-4-3-5(7)9-6/h3-4,6H,2H2,1H3/t6-/m1/s1. The largest absolute Gasteiger partial charge is 0.429 e. The van der Waals surface area contributed by atoms with Crippen molar-refractivity contribution in [3.8, 4) is 0 Å². The van der Waals surface area contributed by atoms with Gasteiger partial charge in [0.1, 0.15) is 0 Å². The number of cyclic esters (lactones) is 1. The second kappa shape index (κ2) is 2.64. The van der Waals surface area contributed by atoms with E-state index in [1.807, 2.05) is 6.92 Å². The van der Waals surface area contributed by atoms with Gasteiger partial charge in [-0.2, -0.15) is 0 Å². The van der Waals surface area contributed by atoms with E-state index in [9.17, 15) is 4.79 Å². The minimum Gasteiger partial charge on any atom is -0.429 e. The number of hydrogen-bond acceptors (Lipinski definition) is 3. The lowest BCUT2D eigenvalue weighted by molar-refractivity contribution is -0.157. The van der Waals surface area contributed by atoms with Gasteiger partial charge >= 0.3 is 5.97 Å². The highest BCUT2D eigenvalue weighted by Gasteiger charge is 2.14. The molecular weight excluding hydrogens is 120 g/mol. The van der Waals surface area contributed by atoms with Crippen molar-refractivity contribution in [2.24, 2.45) is 0 Å². The summed E-state index contributed by atoms with van der Waals surface area (Å²) in [5.41, 5.74) is 0. The number of hydrogen-bond donors (Lipinski definition) is 0. The molecule has 50 valence electrons. The quantitative estimate of drug-likeness (QED) is 0.507. The molecule has 0 saturated heterocycles. The second-order valence-corrected chi connectivity index (χ2v) is 1.62. The predicted octanol–water partition coefficient (Wildman–Crippen LogP) is 0.462. The Hall–Kier alpha value is -0.830. The van der Waals surface area contributed by atoms with Crippen molar-refractivity contribution in [2.75, 3.05) is 6.61 Å². The van der Waals surface area contributed by atoms with Crippen LogP contribution in [-0.4, -0.2) is 18.9 Å². The van der Waals surface area contributed by atoms with E-state index in [0.29, 0.717) is 6.61 Å². The van der Waals surface area contributed by atoms with Crippen molar-refractivity contribution in [1.29, 1.82) is 0 Å². The summed E-state index contributed by atoms with van der Waals surface area (Å²) >= 11 is 0. The summed E-state index contributed by atoms with van der Waals surface area (Å²) in [6.45, 7) is 2.41. The fourth-order valence-corrected chi connectivity index (χ4v) is 0.604. The van der Waals surface area contributed by atoms with E-state index in [1.54, 1.807) is 6.08 Å². The van der Waals surface area contributed by atoms with E-state index in [0.717, 1.165) is 0 Å². The summed E-state index contributed by atoms with van der Waals surface area (Å²) in [4.78, 5) is 10.3. The number of carbonyl (C=O) groups excluding carboxylic acids is 1. The molecule has 0 bridgehead atoms. The molecule has 0 amide bonds. The molecule has 0 radical (unpaired) electrons. The van der Waals surface area contributed by atoms with Crippen LogP contribution in [0.2, 0.25) is 0 Å². The van der Waals surface area contributed by atoms with Crippen LogP contribution >= 0.6 is 0 Å². The Morgan fingerprint density at radius 2 is 2.67 bits per heavy atom. The van der Waals surface area contributed by atoms with E-state index < -0.39 is 6.29 Å². The van der Waals surface area contributed by atoms with Crippen LogP contribution in [0, 0.1) is 0 Å². The first kappa shape index (κ1) is 6.29. The fourth-order valence-electron chi connectivity index (χ4n) is 0.604. The zero-order valence-electron chi connectivity index (χ0n) is 5.16. The van der Waals surface area contributed by atoms with Gasteiger partial charge in [-0.05, 0) is 13.0 Å². The summed E-state index contributed by atoms with van der Waals surface area (Å²) < 4.78 is 9.57. The van der Waals surface area contributed by atoms with Gasteiger partial charge in [0.2, 0.25) is 6.29 Å². The molecule has 1 atom stereocenters. The van der Waals surface area contributed by atoms with Crippen LogP contribution in [-0.2, 0) is 14.3 Å². The van der Waals surface area contributed by atoms with Gasteiger partial charge in [-0.3, -0.25) is 0 Å². The lowest BCUT2D eigenvalue weighted by Crippen LogP contribution is -2.11. The van der Waals surface area contributed by atoms with E-state index in [-0.39, 0.29) is 5.97 Å². The van der Waals surface area contributed by atoms with Crippen LogP contribution in [0.25, 0.3) is 0 Å². The molecule has 3 heteroatoms. The van der Waals surface area contributed by atoms with Gasteiger partial charge in [0.15, 0.2) is 0 Å². The maximum Gasteiger partial charge on any atom is 0.333 e. The van der Waals surface area contributed by atoms with Crippen LogP contribution in [0.5, 0.6) is 0 Å². The third kappa shape index (κ3) is 1.54. The molecule has 1 heterocycles. The Morgan fingerprint density at radius 1 is 1.89 bits per heavy atom. The summed E-state index contributed by atoms with van der Waals surface area (Å²) in [5.74, 6) is -0.326. The maximum absolute atomic E-state index is 10.3. The van der Waals surface area contributed by atoms with Crippen LogP contribution in [0.1, 0.15) is 6.92 Å². The first-order chi connectivity index (χ1) is 4.33. The van der Waals surface area contributed by atoms with Crippen molar-refractivity contribution < 1.29 is 14.3 Å². The average molecular weight is 128 g/mol. The predicted molar refractivity (Wildman–Crippen MR) is 30.6 cm³/mol. The minimum absolute atomic E-state index is 0.326. The van der Waals surface area contributed by atoms with E-state index in [4.69, 9.17) is 4.74 Å². The Balaban J connectivity index is 2.32. The lowest BCUT2D eigenvalue weighted by Gasteiger charge is -2.05. The summed E-state index contributed by atoms with van der Waals surface area (Å²) in [6, 6.07) is 0. The zero-order valence-corrected chi connectivity index (χ0v) is 5.16. The van der Waals surface area contributed by atoms with Crippen LogP contribution < -0.4 is 0 Å². The van der Waals surface area contributed by atoms with Gasteiger partial charge in [0.25, 0.3) is 0 Å².